The molecule has 1 aromatic rings. The molecule has 0 saturated carbocycles. The van der Waals surface area contributed by atoms with Crippen molar-refractivity contribution in [1.82, 2.24) is 4.90 Å². The lowest BCUT2D eigenvalue weighted by Crippen LogP contribution is -2.48. The number of rotatable bonds is 0. The van der Waals surface area contributed by atoms with Gasteiger partial charge in [0, 0.05) is 23.8 Å². The molecule has 2 amide bonds. The van der Waals surface area contributed by atoms with Crippen molar-refractivity contribution in [3.05, 3.63) is 28.0 Å². The van der Waals surface area contributed by atoms with E-state index >= 15 is 0 Å². The fraction of sp³-hybridized carbons (Fsp3) is 0.591. The van der Waals surface area contributed by atoms with Gasteiger partial charge in [0.1, 0.15) is 22.8 Å². The highest BCUT2D eigenvalue weighted by atomic mass is 79.9. The molecule has 3 rings (SSSR count). The van der Waals surface area contributed by atoms with Crippen molar-refractivity contribution in [2.45, 2.75) is 71.1 Å². The van der Waals surface area contributed by atoms with E-state index in [0.29, 0.717) is 41.0 Å². The van der Waals surface area contributed by atoms with Crippen molar-refractivity contribution in [1.29, 1.82) is 0 Å². The first-order chi connectivity index (χ1) is 14.7. The summed E-state index contributed by atoms with van der Waals surface area (Å²) in [6.45, 7) is 10.7. The molecule has 7 nitrogen and oxygen atoms in total. The van der Waals surface area contributed by atoms with Gasteiger partial charge in [-0.15, -0.1) is 0 Å². The van der Waals surface area contributed by atoms with Gasteiger partial charge in [0.15, 0.2) is 5.17 Å². The predicted molar refractivity (Wildman–Crippen MR) is 125 cm³/mol. The number of aliphatic imine (C=N–C) groups is 1. The summed E-state index contributed by atoms with van der Waals surface area (Å²) >= 11 is 4.52. The van der Waals surface area contributed by atoms with Crippen molar-refractivity contribution in [3.63, 3.8) is 0 Å². The second-order valence-electron chi connectivity index (χ2n) is 9.68. The summed E-state index contributed by atoms with van der Waals surface area (Å²) in [5.74, 6) is 0.572. The van der Waals surface area contributed by atoms with E-state index in [9.17, 15) is 14.0 Å². The van der Waals surface area contributed by atoms with Gasteiger partial charge in [-0.1, -0.05) is 11.8 Å². The van der Waals surface area contributed by atoms with Gasteiger partial charge in [-0.2, -0.15) is 4.90 Å². The maximum Gasteiger partial charge on any atom is 0.426 e. The first kappa shape index (κ1) is 24.8. The number of hydrogen-bond donors (Lipinski definition) is 0. The van der Waals surface area contributed by atoms with Crippen LogP contribution in [0, 0.1) is 5.82 Å². The molecule has 1 spiro atoms. The van der Waals surface area contributed by atoms with Crippen LogP contribution in [0.15, 0.2) is 21.6 Å². The third-order valence-corrected chi connectivity index (χ3v) is 6.24. The molecular weight excluding hydrogens is 503 g/mol. The molecular formula is C22H28BrFN2O5S. The molecule has 176 valence electrons. The number of carbonyl (C=O) groups is 2. The lowest BCUT2D eigenvalue weighted by molar-refractivity contribution is 0.0151. The number of hydrogen-bond acceptors (Lipinski definition) is 7. The monoisotopic (exact) mass is 530 g/mol. The van der Waals surface area contributed by atoms with Crippen LogP contribution in [0.2, 0.25) is 0 Å². The summed E-state index contributed by atoms with van der Waals surface area (Å²) in [4.78, 5) is 31.8. The smallest absolute Gasteiger partial charge is 0.426 e. The van der Waals surface area contributed by atoms with E-state index in [-0.39, 0.29) is 5.17 Å². The summed E-state index contributed by atoms with van der Waals surface area (Å²) in [5.41, 5.74) is -1.68. The predicted octanol–water partition coefficient (Wildman–Crippen LogP) is 6.23. The second kappa shape index (κ2) is 8.85. The van der Waals surface area contributed by atoms with E-state index in [1.54, 1.807) is 47.6 Å². The standard InChI is InChI=1S/C22H28BrFN2O5S/c1-20(2,3)30-18(27)26(19(28)31-21(4,5)6)17-25-22(8-10-32-17)7-9-29-16-12-15(24)14(23)11-13(16)22/h11-12H,7-10H2,1-6H3. The normalized spacial score (nSPS) is 20.7. The maximum atomic E-state index is 14.1. The summed E-state index contributed by atoms with van der Waals surface area (Å²) in [5, 5.41) is 0.188. The van der Waals surface area contributed by atoms with Crippen molar-refractivity contribution in [2.75, 3.05) is 12.4 Å². The van der Waals surface area contributed by atoms with Crippen LogP contribution in [0.5, 0.6) is 5.75 Å². The van der Waals surface area contributed by atoms with Gasteiger partial charge in [0.25, 0.3) is 0 Å². The van der Waals surface area contributed by atoms with Crippen LogP contribution in [0.1, 0.15) is 59.9 Å². The van der Waals surface area contributed by atoms with Crippen molar-refractivity contribution < 1.29 is 28.2 Å². The first-order valence-corrected chi connectivity index (χ1v) is 12.1. The Morgan fingerprint density at radius 3 is 2.28 bits per heavy atom. The topological polar surface area (TPSA) is 77.4 Å². The highest BCUT2D eigenvalue weighted by Gasteiger charge is 2.44. The fourth-order valence-corrected chi connectivity index (χ4v) is 4.88. The zero-order valence-corrected chi connectivity index (χ0v) is 21.5. The van der Waals surface area contributed by atoms with E-state index in [0.717, 1.165) is 4.90 Å². The Morgan fingerprint density at radius 2 is 1.72 bits per heavy atom. The average Bonchev–Trinajstić information content (AvgIpc) is 2.61. The Bertz CT molecular complexity index is 929. The number of halogens is 2. The molecule has 0 fully saturated rings. The number of carbonyl (C=O) groups excluding carboxylic acids is 2. The zero-order chi connectivity index (χ0) is 23.9. The molecule has 0 bridgehead atoms. The van der Waals surface area contributed by atoms with Crippen LogP contribution < -0.4 is 4.74 Å². The van der Waals surface area contributed by atoms with Gasteiger partial charge in [0.2, 0.25) is 0 Å². The fourth-order valence-electron chi connectivity index (χ4n) is 3.39. The molecule has 0 saturated heterocycles. The van der Waals surface area contributed by atoms with Crippen molar-refractivity contribution >= 4 is 45.0 Å². The van der Waals surface area contributed by atoms with Crippen LogP contribution in [-0.2, 0) is 15.0 Å². The highest BCUT2D eigenvalue weighted by Crippen LogP contribution is 2.47. The molecule has 2 aliphatic rings. The number of fused-ring (bicyclic) bond motifs is 2. The number of amidine groups is 1. The van der Waals surface area contributed by atoms with Crippen molar-refractivity contribution in [2.24, 2.45) is 4.99 Å². The second-order valence-corrected chi connectivity index (χ2v) is 11.6. The lowest BCUT2D eigenvalue weighted by atomic mass is 9.82. The molecule has 0 radical (unpaired) electrons. The van der Waals surface area contributed by atoms with Gasteiger partial charge in [-0.3, -0.25) is 0 Å². The molecule has 1 atom stereocenters. The van der Waals surface area contributed by atoms with Crippen LogP contribution in [-0.4, -0.2) is 45.8 Å². The molecule has 1 aromatic carbocycles. The Kier molecular flexibility index (Phi) is 6.87. The minimum atomic E-state index is -0.859. The highest BCUT2D eigenvalue weighted by molar-refractivity contribution is 9.10. The van der Waals surface area contributed by atoms with Gasteiger partial charge < -0.3 is 14.2 Å². The quantitative estimate of drug-likeness (QED) is 0.395. The Balaban J connectivity index is 2.07. The number of imide groups is 1. The van der Waals surface area contributed by atoms with Gasteiger partial charge in [-0.05, 0) is 70.0 Å². The maximum absolute atomic E-state index is 14.1. The number of thioether (sulfide) groups is 1. The molecule has 0 aliphatic carbocycles. The van der Waals surface area contributed by atoms with E-state index in [1.807, 2.05) is 0 Å². The lowest BCUT2D eigenvalue weighted by Gasteiger charge is -2.40. The zero-order valence-electron chi connectivity index (χ0n) is 19.1. The summed E-state index contributed by atoms with van der Waals surface area (Å²) < 4.78 is 31.0. The number of ether oxygens (including phenoxy) is 3. The molecule has 10 heteroatoms. The van der Waals surface area contributed by atoms with Crippen LogP contribution in [0.25, 0.3) is 0 Å². The molecule has 0 aromatic heterocycles. The minimum Gasteiger partial charge on any atom is -0.493 e. The van der Waals surface area contributed by atoms with Crippen molar-refractivity contribution in [3.8, 4) is 5.75 Å². The van der Waals surface area contributed by atoms with E-state index in [4.69, 9.17) is 19.2 Å². The van der Waals surface area contributed by atoms with E-state index in [2.05, 4.69) is 15.9 Å². The summed E-state index contributed by atoms with van der Waals surface area (Å²) in [7, 11) is 0. The van der Waals surface area contributed by atoms with Gasteiger partial charge in [0.05, 0.1) is 16.6 Å². The van der Waals surface area contributed by atoms with E-state index in [1.165, 1.54) is 17.8 Å². The van der Waals surface area contributed by atoms with Crippen LogP contribution >= 0.6 is 27.7 Å². The Labute approximate surface area is 200 Å². The van der Waals surface area contributed by atoms with Crippen LogP contribution in [0.3, 0.4) is 0 Å². The molecule has 32 heavy (non-hydrogen) atoms. The number of amides is 2. The van der Waals surface area contributed by atoms with E-state index < -0.39 is 34.7 Å². The average molecular weight is 531 g/mol. The minimum absolute atomic E-state index is 0.188. The third-order valence-electron chi connectivity index (χ3n) is 4.70. The number of benzene rings is 1. The summed E-state index contributed by atoms with van der Waals surface area (Å²) in [6.07, 6.45) is -0.546. The Morgan fingerprint density at radius 1 is 1.12 bits per heavy atom. The SMILES string of the molecule is CC(C)(C)OC(=O)N(C(=O)OC(C)(C)C)C1=NC2(CCOc3cc(F)c(Br)cc32)CCS1. The van der Waals surface area contributed by atoms with Gasteiger partial charge >= 0.3 is 12.2 Å². The Hall–Kier alpha value is -1.81. The van der Waals surface area contributed by atoms with Gasteiger partial charge in [-0.25, -0.2) is 19.0 Å². The summed E-state index contributed by atoms with van der Waals surface area (Å²) in [6, 6.07) is 2.99. The van der Waals surface area contributed by atoms with Crippen LogP contribution in [0.4, 0.5) is 14.0 Å². The third kappa shape index (κ3) is 5.57. The largest absolute Gasteiger partial charge is 0.493 e. The molecule has 1 unspecified atom stereocenters. The first-order valence-electron chi connectivity index (χ1n) is 10.3. The molecule has 0 N–H and O–H groups in total. The number of nitrogens with zero attached hydrogens (tertiary/aromatic N) is 2. The molecule has 2 heterocycles. The molecule has 2 aliphatic heterocycles.